The summed E-state index contributed by atoms with van der Waals surface area (Å²) in [7, 11) is 0. The van der Waals surface area contributed by atoms with E-state index in [2.05, 4.69) is 5.32 Å². The van der Waals surface area contributed by atoms with Crippen molar-refractivity contribution in [2.45, 2.75) is 20.0 Å². The van der Waals surface area contributed by atoms with E-state index in [1.807, 2.05) is 6.92 Å². The Hall–Kier alpha value is -2.07. The van der Waals surface area contributed by atoms with E-state index < -0.39 is 17.8 Å². The fraction of sp³-hybridized carbons (Fsp3) is 0.188. The van der Waals surface area contributed by atoms with Gasteiger partial charge in [0.25, 0.3) is 5.91 Å². The summed E-state index contributed by atoms with van der Waals surface area (Å²) in [6.07, 6.45) is -0.775. The van der Waals surface area contributed by atoms with Gasteiger partial charge in [0, 0.05) is 5.02 Å². The largest absolute Gasteiger partial charge is 0.481 e. The van der Waals surface area contributed by atoms with Crippen LogP contribution in [0, 0.1) is 12.7 Å². The van der Waals surface area contributed by atoms with Gasteiger partial charge >= 0.3 is 0 Å². The lowest BCUT2D eigenvalue weighted by molar-refractivity contribution is -0.122. The van der Waals surface area contributed by atoms with E-state index >= 15 is 0 Å². The van der Waals surface area contributed by atoms with E-state index in [0.717, 1.165) is 5.56 Å². The van der Waals surface area contributed by atoms with Gasteiger partial charge in [-0.15, -0.1) is 0 Å². The number of carbonyl (C=O) groups excluding carboxylic acids is 1. The van der Waals surface area contributed by atoms with Crippen LogP contribution in [0.25, 0.3) is 0 Å². The molecule has 0 fully saturated rings. The summed E-state index contributed by atoms with van der Waals surface area (Å²) in [6.45, 7) is 3.41. The molecule has 5 heteroatoms. The maximum atomic E-state index is 13.6. The summed E-state index contributed by atoms with van der Waals surface area (Å²) in [5.41, 5.74) is 0.997. The number of nitrogens with one attached hydrogen (secondary N) is 1. The molecule has 21 heavy (non-hydrogen) atoms. The molecule has 2 aromatic carbocycles. The Kier molecular flexibility index (Phi) is 4.81. The molecule has 110 valence electrons. The summed E-state index contributed by atoms with van der Waals surface area (Å²) in [5, 5.41) is 3.03. The van der Waals surface area contributed by atoms with Crippen LogP contribution < -0.4 is 10.1 Å². The molecule has 0 aliphatic carbocycles. The number of anilines is 1. The number of aryl methyl sites for hydroxylation is 1. The van der Waals surface area contributed by atoms with Crippen molar-refractivity contribution in [2.75, 3.05) is 5.32 Å². The minimum Gasteiger partial charge on any atom is -0.481 e. The van der Waals surface area contributed by atoms with Gasteiger partial charge < -0.3 is 10.1 Å². The van der Waals surface area contributed by atoms with Gasteiger partial charge in [0.1, 0.15) is 11.6 Å². The standard InChI is InChI=1S/C16H15ClFNO2/c1-10-6-7-14(18)15(8-10)19-16(20)11(2)21-13-5-3-4-12(17)9-13/h3-9,11H,1-2H3,(H,19,20). The van der Waals surface area contributed by atoms with Gasteiger partial charge in [-0.05, 0) is 49.7 Å². The van der Waals surface area contributed by atoms with Crippen molar-refractivity contribution in [1.29, 1.82) is 0 Å². The van der Waals surface area contributed by atoms with Crippen LogP contribution in [-0.4, -0.2) is 12.0 Å². The molecule has 3 nitrogen and oxygen atoms in total. The van der Waals surface area contributed by atoms with Crippen LogP contribution in [0.4, 0.5) is 10.1 Å². The topological polar surface area (TPSA) is 38.3 Å². The van der Waals surface area contributed by atoms with Crippen molar-refractivity contribution in [3.05, 3.63) is 58.9 Å². The highest BCUT2D eigenvalue weighted by Gasteiger charge is 2.16. The molecular formula is C16H15ClFNO2. The van der Waals surface area contributed by atoms with Crippen molar-refractivity contribution < 1.29 is 13.9 Å². The summed E-state index contributed by atoms with van der Waals surface area (Å²) < 4.78 is 19.1. The maximum absolute atomic E-state index is 13.6. The Morgan fingerprint density at radius 3 is 2.76 bits per heavy atom. The highest BCUT2D eigenvalue weighted by Crippen LogP contribution is 2.20. The first-order valence-electron chi connectivity index (χ1n) is 6.45. The molecule has 2 aromatic rings. The number of carbonyl (C=O) groups is 1. The third-order valence-electron chi connectivity index (χ3n) is 2.86. The molecule has 1 unspecified atom stereocenters. The zero-order valence-corrected chi connectivity index (χ0v) is 12.4. The van der Waals surface area contributed by atoms with E-state index in [1.54, 1.807) is 43.3 Å². The Labute approximate surface area is 127 Å². The zero-order valence-electron chi connectivity index (χ0n) is 11.7. The van der Waals surface area contributed by atoms with Crippen molar-refractivity contribution in [1.82, 2.24) is 0 Å². The second-order valence-corrected chi connectivity index (χ2v) is 5.13. The maximum Gasteiger partial charge on any atom is 0.265 e. The number of amides is 1. The normalized spacial score (nSPS) is 11.8. The summed E-state index contributed by atoms with van der Waals surface area (Å²) in [5.74, 6) is -0.432. The van der Waals surface area contributed by atoms with Gasteiger partial charge in [0.05, 0.1) is 5.69 Å². The molecule has 0 aliphatic rings. The molecule has 1 atom stereocenters. The van der Waals surface area contributed by atoms with Gasteiger partial charge in [-0.2, -0.15) is 0 Å². The van der Waals surface area contributed by atoms with Crippen molar-refractivity contribution in [3.8, 4) is 5.75 Å². The van der Waals surface area contributed by atoms with Crippen LogP contribution in [0.5, 0.6) is 5.75 Å². The molecule has 0 saturated carbocycles. The SMILES string of the molecule is Cc1ccc(F)c(NC(=O)C(C)Oc2cccc(Cl)c2)c1. The lowest BCUT2D eigenvalue weighted by Crippen LogP contribution is -2.30. The third kappa shape index (κ3) is 4.20. The molecule has 0 aliphatic heterocycles. The molecule has 0 radical (unpaired) electrons. The van der Waals surface area contributed by atoms with Crippen LogP contribution in [-0.2, 0) is 4.79 Å². The summed E-state index contributed by atoms with van der Waals surface area (Å²) >= 11 is 5.85. The van der Waals surface area contributed by atoms with Crippen LogP contribution in [0.1, 0.15) is 12.5 Å². The minimum absolute atomic E-state index is 0.140. The van der Waals surface area contributed by atoms with Crippen LogP contribution in [0.15, 0.2) is 42.5 Å². The predicted molar refractivity (Wildman–Crippen MR) is 81.3 cm³/mol. The highest BCUT2D eigenvalue weighted by molar-refractivity contribution is 6.30. The zero-order chi connectivity index (χ0) is 15.4. The van der Waals surface area contributed by atoms with Crippen molar-refractivity contribution in [2.24, 2.45) is 0 Å². The lowest BCUT2D eigenvalue weighted by Gasteiger charge is -2.15. The number of benzene rings is 2. The van der Waals surface area contributed by atoms with E-state index in [4.69, 9.17) is 16.3 Å². The molecule has 0 saturated heterocycles. The van der Waals surface area contributed by atoms with Crippen molar-refractivity contribution in [3.63, 3.8) is 0 Å². The molecule has 1 N–H and O–H groups in total. The fourth-order valence-electron chi connectivity index (χ4n) is 1.77. The summed E-state index contributed by atoms with van der Waals surface area (Å²) in [4.78, 5) is 12.0. The second kappa shape index (κ2) is 6.59. The molecule has 2 rings (SSSR count). The lowest BCUT2D eigenvalue weighted by atomic mass is 10.2. The summed E-state index contributed by atoms with van der Waals surface area (Å²) in [6, 6.07) is 11.3. The average molecular weight is 308 g/mol. The predicted octanol–water partition coefficient (Wildman–Crippen LogP) is 4.19. The molecule has 0 spiro atoms. The number of rotatable bonds is 4. The number of hydrogen-bond acceptors (Lipinski definition) is 2. The fourth-order valence-corrected chi connectivity index (χ4v) is 1.95. The van der Waals surface area contributed by atoms with Gasteiger partial charge in [0.2, 0.25) is 0 Å². The molecule has 0 bridgehead atoms. The van der Waals surface area contributed by atoms with E-state index in [1.165, 1.54) is 6.07 Å². The van der Waals surface area contributed by atoms with E-state index in [-0.39, 0.29) is 5.69 Å². The first kappa shape index (κ1) is 15.3. The third-order valence-corrected chi connectivity index (χ3v) is 3.09. The minimum atomic E-state index is -0.775. The highest BCUT2D eigenvalue weighted by atomic mass is 35.5. The Morgan fingerprint density at radius 1 is 1.29 bits per heavy atom. The van der Waals surface area contributed by atoms with Gasteiger partial charge in [0.15, 0.2) is 6.10 Å². The molecule has 0 aromatic heterocycles. The monoisotopic (exact) mass is 307 g/mol. The number of halogens is 2. The first-order chi connectivity index (χ1) is 9.95. The van der Waals surface area contributed by atoms with Gasteiger partial charge in [-0.3, -0.25) is 4.79 Å². The van der Waals surface area contributed by atoms with Crippen LogP contribution >= 0.6 is 11.6 Å². The number of hydrogen-bond donors (Lipinski definition) is 1. The quantitative estimate of drug-likeness (QED) is 0.919. The smallest absolute Gasteiger partial charge is 0.265 e. The van der Waals surface area contributed by atoms with Gasteiger partial charge in [-0.25, -0.2) is 4.39 Å². The van der Waals surface area contributed by atoms with Crippen molar-refractivity contribution >= 4 is 23.2 Å². The first-order valence-corrected chi connectivity index (χ1v) is 6.83. The van der Waals surface area contributed by atoms with Crippen LogP contribution in [0.2, 0.25) is 5.02 Å². The van der Waals surface area contributed by atoms with E-state index in [9.17, 15) is 9.18 Å². The Morgan fingerprint density at radius 2 is 2.05 bits per heavy atom. The average Bonchev–Trinajstić information content (AvgIpc) is 2.43. The second-order valence-electron chi connectivity index (χ2n) is 4.69. The Balaban J connectivity index is 2.04. The van der Waals surface area contributed by atoms with Crippen LogP contribution in [0.3, 0.4) is 0 Å². The molecular weight excluding hydrogens is 293 g/mol. The molecule has 1 amide bonds. The van der Waals surface area contributed by atoms with E-state index in [0.29, 0.717) is 10.8 Å². The molecule has 0 heterocycles. The Bertz CT molecular complexity index is 660. The van der Waals surface area contributed by atoms with Gasteiger partial charge in [-0.1, -0.05) is 23.7 Å². The number of ether oxygens (including phenoxy) is 1.